The molecule has 0 spiro atoms. The van der Waals surface area contributed by atoms with E-state index in [1.807, 2.05) is 0 Å². The first kappa shape index (κ1) is 15.4. The fourth-order valence-corrected chi connectivity index (χ4v) is 4.60. The molecule has 3 N–H and O–H groups in total. The van der Waals surface area contributed by atoms with Crippen molar-refractivity contribution in [1.29, 1.82) is 0 Å². The van der Waals surface area contributed by atoms with E-state index in [-0.39, 0.29) is 15.9 Å². The highest BCUT2D eigenvalue weighted by Crippen LogP contribution is 2.26. The predicted molar refractivity (Wildman–Crippen MR) is 75.5 cm³/mol. The van der Waals surface area contributed by atoms with Gasteiger partial charge in [-0.3, -0.25) is 0 Å². The average Bonchev–Trinajstić information content (AvgIpc) is 2.62. The van der Waals surface area contributed by atoms with E-state index in [4.69, 9.17) is 5.73 Å². The van der Waals surface area contributed by atoms with Gasteiger partial charge in [0.2, 0.25) is 10.0 Å². The number of sulfonamides is 1. The lowest BCUT2D eigenvalue weighted by Crippen LogP contribution is -2.35. The van der Waals surface area contributed by atoms with Gasteiger partial charge in [-0.25, -0.2) is 25.9 Å². The molecule has 20 heavy (non-hydrogen) atoms. The van der Waals surface area contributed by atoms with E-state index >= 15 is 0 Å². The van der Waals surface area contributed by atoms with Gasteiger partial charge < -0.3 is 5.73 Å². The van der Waals surface area contributed by atoms with Gasteiger partial charge in [-0.2, -0.15) is 0 Å². The van der Waals surface area contributed by atoms with Gasteiger partial charge in [0, 0.05) is 15.6 Å². The second kappa shape index (κ2) is 5.10. The Labute approximate surface area is 124 Å². The number of hydrogen-bond donors (Lipinski definition) is 2. The van der Waals surface area contributed by atoms with Gasteiger partial charge in [0.25, 0.3) is 0 Å². The van der Waals surface area contributed by atoms with E-state index in [2.05, 4.69) is 20.7 Å². The fraction of sp³-hybridized carbons (Fsp3) is 0.200. The van der Waals surface area contributed by atoms with Gasteiger partial charge in [0.05, 0.1) is 11.8 Å². The minimum Gasteiger partial charge on any atom is -0.398 e. The van der Waals surface area contributed by atoms with Crippen LogP contribution in [0.4, 0.5) is 10.1 Å². The van der Waals surface area contributed by atoms with Crippen molar-refractivity contribution < 1.29 is 21.2 Å². The molecule has 1 aliphatic heterocycles. The second-order valence-corrected chi connectivity index (χ2v) is 8.66. The van der Waals surface area contributed by atoms with Gasteiger partial charge in [-0.05, 0) is 28.1 Å². The number of anilines is 1. The first-order chi connectivity index (χ1) is 9.11. The average molecular weight is 385 g/mol. The van der Waals surface area contributed by atoms with Crippen LogP contribution in [0.15, 0.2) is 33.0 Å². The molecule has 0 saturated heterocycles. The number of rotatable bonds is 3. The van der Waals surface area contributed by atoms with Crippen LogP contribution < -0.4 is 10.5 Å². The van der Waals surface area contributed by atoms with Crippen molar-refractivity contribution in [1.82, 2.24) is 4.72 Å². The number of nitrogens with one attached hydrogen (secondary N) is 1. The lowest BCUT2D eigenvalue weighted by molar-refractivity contribution is 0.553. The summed E-state index contributed by atoms with van der Waals surface area (Å²) in [5.41, 5.74) is 5.58. The van der Waals surface area contributed by atoms with E-state index in [0.29, 0.717) is 0 Å². The van der Waals surface area contributed by atoms with Crippen LogP contribution in [0.3, 0.4) is 0 Å². The molecule has 10 heteroatoms. The molecule has 0 aliphatic carbocycles. The third-order valence-corrected chi connectivity index (χ3v) is 6.16. The van der Waals surface area contributed by atoms with Crippen LogP contribution in [0.25, 0.3) is 0 Å². The minimum absolute atomic E-state index is 0.0568. The maximum Gasteiger partial charge on any atom is 0.244 e. The van der Waals surface area contributed by atoms with E-state index in [1.165, 1.54) is 6.08 Å². The third-order valence-electron chi connectivity index (χ3n) is 2.58. The van der Waals surface area contributed by atoms with Gasteiger partial charge in [0.1, 0.15) is 10.7 Å². The van der Waals surface area contributed by atoms with Crippen LogP contribution in [0.5, 0.6) is 0 Å². The molecule has 1 aliphatic rings. The molecule has 0 saturated carbocycles. The highest BCUT2D eigenvalue weighted by atomic mass is 79.9. The molecule has 2 rings (SSSR count). The van der Waals surface area contributed by atoms with Crippen LogP contribution >= 0.6 is 15.9 Å². The number of halogens is 2. The highest BCUT2D eigenvalue weighted by molar-refractivity contribution is 9.10. The monoisotopic (exact) mass is 384 g/mol. The minimum atomic E-state index is -4.21. The van der Waals surface area contributed by atoms with Crippen molar-refractivity contribution in [2.45, 2.75) is 10.9 Å². The number of sulfone groups is 1. The van der Waals surface area contributed by atoms with Crippen LogP contribution in [0.2, 0.25) is 0 Å². The summed E-state index contributed by atoms with van der Waals surface area (Å²) in [6, 6.07) is 0.981. The summed E-state index contributed by atoms with van der Waals surface area (Å²) in [7, 11) is -7.61. The Morgan fingerprint density at radius 1 is 1.40 bits per heavy atom. The Morgan fingerprint density at radius 2 is 2.05 bits per heavy atom. The van der Waals surface area contributed by atoms with Crippen molar-refractivity contribution in [3.05, 3.63) is 33.9 Å². The van der Waals surface area contributed by atoms with Crippen molar-refractivity contribution in [3.8, 4) is 0 Å². The zero-order chi connectivity index (χ0) is 15.1. The van der Waals surface area contributed by atoms with Crippen molar-refractivity contribution in [3.63, 3.8) is 0 Å². The molecule has 1 unspecified atom stereocenters. The molecule has 1 aromatic carbocycles. The Balaban J connectivity index is 2.33. The first-order valence-corrected chi connectivity index (χ1v) is 9.28. The lowest BCUT2D eigenvalue weighted by Gasteiger charge is -2.12. The van der Waals surface area contributed by atoms with E-state index < -0.39 is 36.6 Å². The normalized spacial score (nSPS) is 21.2. The summed E-state index contributed by atoms with van der Waals surface area (Å²) in [5, 5.41) is 0.923. The van der Waals surface area contributed by atoms with Crippen molar-refractivity contribution >= 4 is 41.5 Å². The molecule has 1 atom stereocenters. The summed E-state index contributed by atoms with van der Waals surface area (Å²) in [4.78, 5) is -0.629. The molecule has 0 amide bonds. The summed E-state index contributed by atoms with van der Waals surface area (Å²) < 4.78 is 62.5. The third kappa shape index (κ3) is 3.19. The Hall–Kier alpha value is -0.970. The first-order valence-electron chi connectivity index (χ1n) is 5.28. The molecular formula is C10H10BrFN2O4S2. The van der Waals surface area contributed by atoms with Crippen LogP contribution in [-0.4, -0.2) is 28.6 Å². The quantitative estimate of drug-likeness (QED) is 0.748. The summed E-state index contributed by atoms with van der Waals surface area (Å²) in [6.07, 6.45) is 1.20. The van der Waals surface area contributed by atoms with Crippen molar-refractivity contribution in [2.24, 2.45) is 0 Å². The van der Waals surface area contributed by atoms with Crippen LogP contribution in [-0.2, 0) is 19.9 Å². The van der Waals surface area contributed by atoms with Gasteiger partial charge in [-0.1, -0.05) is 6.08 Å². The maximum atomic E-state index is 13.7. The molecule has 0 aromatic heterocycles. The second-order valence-electron chi connectivity index (χ2n) is 4.19. The van der Waals surface area contributed by atoms with E-state index in [0.717, 1.165) is 17.5 Å². The Bertz CT molecular complexity index is 790. The smallest absolute Gasteiger partial charge is 0.244 e. The topological polar surface area (TPSA) is 106 Å². The largest absolute Gasteiger partial charge is 0.398 e. The number of benzene rings is 1. The fourth-order valence-electron chi connectivity index (χ4n) is 1.66. The number of nitrogen functional groups attached to an aromatic ring is 1. The molecule has 6 nitrogen and oxygen atoms in total. The highest BCUT2D eigenvalue weighted by Gasteiger charge is 2.28. The summed E-state index contributed by atoms with van der Waals surface area (Å²) >= 11 is 2.98. The number of hydrogen-bond acceptors (Lipinski definition) is 5. The van der Waals surface area contributed by atoms with Gasteiger partial charge in [0.15, 0.2) is 9.84 Å². The molecular weight excluding hydrogens is 375 g/mol. The lowest BCUT2D eigenvalue weighted by atomic mass is 10.3. The van der Waals surface area contributed by atoms with E-state index in [1.54, 1.807) is 0 Å². The number of nitrogens with two attached hydrogens (primary N) is 1. The van der Waals surface area contributed by atoms with Gasteiger partial charge >= 0.3 is 0 Å². The molecule has 0 radical (unpaired) electrons. The zero-order valence-corrected chi connectivity index (χ0v) is 13.1. The molecule has 0 bridgehead atoms. The van der Waals surface area contributed by atoms with Crippen LogP contribution in [0, 0.1) is 5.82 Å². The molecule has 1 heterocycles. The Morgan fingerprint density at radius 3 is 2.60 bits per heavy atom. The zero-order valence-electron chi connectivity index (χ0n) is 9.88. The molecule has 0 fully saturated rings. The molecule has 110 valence electrons. The van der Waals surface area contributed by atoms with Crippen molar-refractivity contribution in [2.75, 3.05) is 11.5 Å². The van der Waals surface area contributed by atoms with E-state index in [9.17, 15) is 21.2 Å². The Kier molecular flexibility index (Phi) is 3.93. The predicted octanol–water partition coefficient (Wildman–Crippen LogP) is 0.759. The SMILES string of the molecule is Nc1cc(S(=O)(=O)NC2C=CS(=O)(=O)C2)c(F)cc1Br. The standard InChI is InChI=1S/C10H10BrFN2O4S2/c11-7-3-8(12)10(4-9(7)13)20(17,18)14-6-1-2-19(15,16)5-6/h1-4,6,14H,5,13H2. The maximum absolute atomic E-state index is 13.7. The summed E-state index contributed by atoms with van der Waals surface area (Å²) in [6.45, 7) is 0. The van der Waals surface area contributed by atoms with Gasteiger partial charge in [-0.15, -0.1) is 0 Å². The summed E-state index contributed by atoms with van der Waals surface area (Å²) in [5.74, 6) is -1.37. The van der Waals surface area contributed by atoms with Crippen LogP contribution in [0.1, 0.15) is 0 Å². The molecule has 1 aromatic rings.